The number of methoxy groups -OCH3 is 1. The number of nitrogens with zero attached hydrogens (tertiary/aromatic N) is 2. The smallest absolute Gasteiger partial charge is 0.253 e. The lowest BCUT2D eigenvalue weighted by molar-refractivity contribution is 0.0941. The van der Waals surface area contributed by atoms with Crippen molar-refractivity contribution in [1.82, 2.24) is 14.8 Å². The van der Waals surface area contributed by atoms with Crippen LogP contribution in [0.25, 0.3) is 0 Å². The Bertz CT molecular complexity index is 817. The third-order valence-corrected chi connectivity index (χ3v) is 6.25. The van der Waals surface area contributed by atoms with Crippen LogP contribution < -0.4 is 10.1 Å². The van der Waals surface area contributed by atoms with E-state index in [-0.39, 0.29) is 11.9 Å². The molecule has 0 spiro atoms. The predicted octanol–water partition coefficient (Wildman–Crippen LogP) is 4.65. The van der Waals surface area contributed by atoms with Crippen molar-refractivity contribution < 1.29 is 9.53 Å². The lowest BCUT2D eigenvalue weighted by Gasteiger charge is -2.27. The zero-order valence-corrected chi connectivity index (χ0v) is 18.5. The molecule has 0 saturated heterocycles. The number of hydrogen-bond donors (Lipinski definition) is 1. The van der Waals surface area contributed by atoms with Crippen molar-refractivity contribution in [2.45, 2.75) is 58.0 Å². The van der Waals surface area contributed by atoms with E-state index in [0.717, 1.165) is 22.6 Å². The standard InChI is InChI=1S/C24H35N3O2/c1-17-15-22(18(2)27(17)20-9-7-6-8-10-20)24(28)25-16-23(26(3)4)19-11-13-21(29-5)14-12-19/h11-15,20,23H,6-10,16H2,1-5H3,(H,25,28). The largest absolute Gasteiger partial charge is 0.497 e. The zero-order valence-electron chi connectivity index (χ0n) is 18.5. The van der Waals surface area contributed by atoms with E-state index >= 15 is 0 Å². The van der Waals surface area contributed by atoms with Gasteiger partial charge in [-0.3, -0.25) is 4.79 Å². The highest BCUT2D eigenvalue weighted by atomic mass is 16.5. The lowest BCUT2D eigenvalue weighted by atomic mass is 9.95. The molecule has 1 aliphatic rings. The Morgan fingerprint density at radius 3 is 2.41 bits per heavy atom. The number of aryl methyl sites for hydroxylation is 1. The molecule has 1 aliphatic carbocycles. The minimum absolute atomic E-state index is 0.0144. The summed E-state index contributed by atoms with van der Waals surface area (Å²) in [5, 5.41) is 3.17. The summed E-state index contributed by atoms with van der Waals surface area (Å²) in [5.41, 5.74) is 4.25. The fourth-order valence-electron chi connectivity index (χ4n) is 4.62. The van der Waals surface area contributed by atoms with Crippen LogP contribution in [0.2, 0.25) is 0 Å². The van der Waals surface area contributed by atoms with E-state index in [1.54, 1.807) is 7.11 Å². The van der Waals surface area contributed by atoms with Gasteiger partial charge in [0.15, 0.2) is 0 Å². The Morgan fingerprint density at radius 1 is 1.17 bits per heavy atom. The fraction of sp³-hybridized carbons (Fsp3) is 0.542. The third kappa shape index (κ3) is 4.84. The number of amides is 1. The zero-order chi connectivity index (χ0) is 21.0. The van der Waals surface area contributed by atoms with E-state index in [1.165, 1.54) is 37.8 Å². The fourth-order valence-corrected chi connectivity index (χ4v) is 4.62. The van der Waals surface area contributed by atoms with Crippen LogP contribution >= 0.6 is 0 Å². The number of likely N-dealkylation sites (N-methyl/N-ethyl adjacent to an activating group) is 1. The Balaban J connectivity index is 1.71. The molecule has 0 bridgehead atoms. The number of nitrogens with one attached hydrogen (secondary N) is 1. The first-order chi connectivity index (χ1) is 13.9. The summed E-state index contributed by atoms with van der Waals surface area (Å²) >= 11 is 0. The number of aromatic nitrogens is 1. The van der Waals surface area contributed by atoms with Crippen molar-refractivity contribution in [2.24, 2.45) is 0 Å². The van der Waals surface area contributed by atoms with E-state index in [9.17, 15) is 4.79 Å². The van der Waals surface area contributed by atoms with Gasteiger partial charge in [0.25, 0.3) is 5.91 Å². The molecule has 0 radical (unpaired) electrons. The summed E-state index contributed by atoms with van der Waals surface area (Å²) in [6.45, 7) is 4.77. The van der Waals surface area contributed by atoms with Gasteiger partial charge in [0, 0.05) is 24.0 Å². The molecule has 3 rings (SSSR count). The number of hydrogen-bond acceptors (Lipinski definition) is 3. The maximum Gasteiger partial charge on any atom is 0.253 e. The van der Waals surface area contributed by atoms with Crippen molar-refractivity contribution in [3.05, 3.63) is 52.8 Å². The molecular formula is C24H35N3O2. The second kappa shape index (κ2) is 9.49. The van der Waals surface area contributed by atoms with Gasteiger partial charge >= 0.3 is 0 Å². The summed E-state index contributed by atoms with van der Waals surface area (Å²) in [6, 6.07) is 10.7. The van der Waals surface area contributed by atoms with Crippen molar-refractivity contribution in [2.75, 3.05) is 27.7 Å². The molecule has 158 valence electrons. The van der Waals surface area contributed by atoms with Gasteiger partial charge in [-0.2, -0.15) is 0 Å². The molecule has 1 atom stereocenters. The Morgan fingerprint density at radius 2 is 1.83 bits per heavy atom. The van der Waals surface area contributed by atoms with Gasteiger partial charge in [-0.05, 0) is 64.5 Å². The van der Waals surface area contributed by atoms with Gasteiger partial charge in [-0.1, -0.05) is 31.4 Å². The highest BCUT2D eigenvalue weighted by molar-refractivity contribution is 5.95. The minimum Gasteiger partial charge on any atom is -0.497 e. The van der Waals surface area contributed by atoms with E-state index < -0.39 is 0 Å². The highest BCUT2D eigenvalue weighted by Gasteiger charge is 2.23. The van der Waals surface area contributed by atoms with Crippen LogP contribution in [0.1, 0.15) is 71.5 Å². The van der Waals surface area contributed by atoms with Crippen LogP contribution in [-0.4, -0.2) is 43.1 Å². The van der Waals surface area contributed by atoms with Gasteiger partial charge < -0.3 is 19.5 Å². The molecule has 1 heterocycles. The summed E-state index contributed by atoms with van der Waals surface area (Å²) in [4.78, 5) is 15.1. The predicted molar refractivity (Wildman–Crippen MR) is 118 cm³/mol. The average molecular weight is 398 g/mol. The summed E-state index contributed by atoms with van der Waals surface area (Å²) < 4.78 is 7.65. The molecule has 2 aromatic rings. The summed E-state index contributed by atoms with van der Waals surface area (Å²) in [5.74, 6) is 0.853. The van der Waals surface area contributed by atoms with Crippen molar-refractivity contribution in [3.63, 3.8) is 0 Å². The lowest BCUT2D eigenvalue weighted by Crippen LogP contribution is -2.34. The quantitative estimate of drug-likeness (QED) is 0.740. The molecule has 0 aliphatic heterocycles. The monoisotopic (exact) mass is 397 g/mol. The molecule has 1 N–H and O–H groups in total. The van der Waals surface area contributed by atoms with Crippen LogP contribution in [0.15, 0.2) is 30.3 Å². The Labute approximate surface area is 175 Å². The topological polar surface area (TPSA) is 46.5 Å². The van der Waals surface area contributed by atoms with Crippen LogP contribution in [0, 0.1) is 13.8 Å². The first-order valence-corrected chi connectivity index (χ1v) is 10.7. The second-order valence-electron chi connectivity index (χ2n) is 8.41. The molecule has 1 unspecified atom stereocenters. The minimum atomic E-state index is 0.0144. The average Bonchev–Trinajstić information content (AvgIpc) is 3.03. The molecule has 29 heavy (non-hydrogen) atoms. The maximum atomic E-state index is 13.0. The van der Waals surface area contributed by atoms with E-state index in [4.69, 9.17) is 4.74 Å². The first-order valence-electron chi connectivity index (χ1n) is 10.7. The normalized spacial score (nSPS) is 16.1. The molecule has 5 nitrogen and oxygen atoms in total. The van der Waals surface area contributed by atoms with E-state index in [0.29, 0.717) is 12.6 Å². The second-order valence-corrected chi connectivity index (χ2v) is 8.41. The SMILES string of the molecule is COc1ccc(C(CNC(=O)c2cc(C)n(C3CCCCC3)c2C)N(C)C)cc1. The molecule has 1 amide bonds. The third-order valence-electron chi connectivity index (χ3n) is 6.25. The molecular weight excluding hydrogens is 362 g/mol. The highest BCUT2D eigenvalue weighted by Crippen LogP contribution is 2.32. The number of benzene rings is 1. The van der Waals surface area contributed by atoms with Gasteiger partial charge in [0.1, 0.15) is 5.75 Å². The number of ether oxygens (including phenoxy) is 1. The molecule has 1 fully saturated rings. The van der Waals surface area contributed by atoms with Crippen LogP contribution in [0.4, 0.5) is 0 Å². The van der Waals surface area contributed by atoms with Crippen LogP contribution in [-0.2, 0) is 0 Å². The van der Waals surface area contributed by atoms with E-state index in [1.807, 2.05) is 26.2 Å². The van der Waals surface area contributed by atoms with Crippen LogP contribution in [0.5, 0.6) is 5.75 Å². The number of carbonyl (C=O) groups is 1. The Kier molecular flexibility index (Phi) is 7.01. The van der Waals surface area contributed by atoms with Crippen LogP contribution in [0.3, 0.4) is 0 Å². The summed E-state index contributed by atoms with van der Waals surface area (Å²) in [7, 11) is 5.74. The molecule has 5 heteroatoms. The van der Waals surface area contributed by atoms with Gasteiger partial charge in [-0.15, -0.1) is 0 Å². The van der Waals surface area contributed by atoms with Crippen molar-refractivity contribution in [3.8, 4) is 5.75 Å². The Hall–Kier alpha value is -2.27. The molecule has 1 saturated carbocycles. The number of rotatable bonds is 7. The number of carbonyl (C=O) groups excluding carboxylic acids is 1. The van der Waals surface area contributed by atoms with E-state index in [2.05, 4.69) is 46.8 Å². The first kappa shape index (κ1) is 21.4. The molecule has 1 aromatic heterocycles. The molecule has 1 aromatic carbocycles. The maximum absolute atomic E-state index is 13.0. The van der Waals surface area contributed by atoms with Gasteiger partial charge in [0.05, 0.1) is 18.7 Å². The van der Waals surface area contributed by atoms with Gasteiger partial charge in [-0.25, -0.2) is 0 Å². The van der Waals surface area contributed by atoms with Crippen molar-refractivity contribution >= 4 is 5.91 Å². The van der Waals surface area contributed by atoms with Gasteiger partial charge in [0.2, 0.25) is 0 Å². The van der Waals surface area contributed by atoms with Crippen molar-refractivity contribution in [1.29, 1.82) is 0 Å². The summed E-state index contributed by atoms with van der Waals surface area (Å²) in [6.07, 6.45) is 6.35.